The van der Waals surface area contributed by atoms with E-state index in [0.717, 1.165) is 11.6 Å². The van der Waals surface area contributed by atoms with Crippen molar-refractivity contribution in [1.82, 2.24) is 0 Å². The van der Waals surface area contributed by atoms with Crippen LogP contribution in [-0.4, -0.2) is 0 Å². The second kappa shape index (κ2) is 1.64. The molecule has 1 heterocycles. The number of rotatable bonds is 0. The van der Waals surface area contributed by atoms with Crippen molar-refractivity contribution in [2.45, 2.75) is 6.54 Å². The second-order valence-corrected chi connectivity index (χ2v) is 2.59. The van der Waals surface area contributed by atoms with Crippen LogP contribution in [-0.2, 0) is 6.54 Å². The van der Waals surface area contributed by atoms with Gasteiger partial charge < -0.3 is 5.32 Å². The third-order valence-electron chi connectivity index (χ3n) is 1.54. The summed E-state index contributed by atoms with van der Waals surface area (Å²) in [6, 6.07) is 5.89. The lowest BCUT2D eigenvalue weighted by Gasteiger charge is -2.20. The van der Waals surface area contributed by atoms with Crippen molar-refractivity contribution in [2.75, 3.05) is 5.32 Å². The van der Waals surface area contributed by atoms with Gasteiger partial charge in [0.05, 0.1) is 0 Å². The molecule has 0 radical (unpaired) electrons. The van der Waals surface area contributed by atoms with Crippen LogP contribution in [0.1, 0.15) is 5.56 Å². The average molecular weight is 140 g/mol. The summed E-state index contributed by atoms with van der Waals surface area (Å²) in [6.45, 7) is 0.968. The van der Waals surface area contributed by atoms with Crippen LogP contribution in [0.4, 0.5) is 5.69 Å². The average Bonchev–Trinajstić information content (AvgIpc) is 1.78. The molecule has 0 unspecified atom stereocenters. The summed E-state index contributed by atoms with van der Waals surface area (Å²) in [4.78, 5) is 0. The van der Waals surface area contributed by atoms with Crippen LogP contribution in [0.15, 0.2) is 18.2 Å². The van der Waals surface area contributed by atoms with Crippen molar-refractivity contribution in [1.29, 1.82) is 0 Å². The van der Waals surface area contributed by atoms with E-state index in [9.17, 15) is 0 Å². The third-order valence-corrected chi connectivity index (χ3v) is 1.77. The van der Waals surface area contributed by atoms with E-state index < -0.39 is 0 Å². The number of halogens is 1. The summed E-state index contributed by atoms with van der Waals surface area (Å²) in [6.07, 6.45) is 0. The Hall–Kier alpha value is -0.690. The molecule has 0 aromatic heterocycles. The topological polar surface area (TPSA) is 12.0 Å². The summed E-state index contributed by atoms with van der Waals surface area (Å²) >= 11 is 5.72. The molecule has 1 aromatic carbocycles. The maximum Gasteiger partial charge on any atom is 0.0421 e. The van der Waals surface area contributed by atoms with Crippen LogP contribution in [0.5, 0.6) is 0 Å². The third kappa shape index (κ3) is 0.688. The fourth-order valence-corrected chi connectivity index (χ4v) is 1.16. The highest BCUT2D eigenvalue weighted by Gasteiger charge is 2.10. The molecular weight excluding hydrogens is 134 g/mol. The van der Waals surface area contributed by atoms with Crippen LogP contribution >= 0.6 is 11.6 Å². The maximum atomic E-state index is 5.72. The van der Waals surface area contributed by atoms with Gasteiger partial charge >= 0.3 is 0 Å². The molecule has 0 amide bonds. The van der Waals surface area contributed by atoms with Gasteiger partial charge in [0, 0.05) is 17.3 Å². The lowest BCUT2D eigenvalue weighted by atomic mass is 10.1. The zero-order chi connectivity index (χ0) is 6.27. The highest BCUT2D eigenvalue weighted by molar-refractivity contribution is 6.30. The number of fused-ring (bicyclic) bond motifs is 1. The van der Waals surface area contributed by atoms with Crippen LogP contribution in [0.2, 0.25) is 5.02 Å². The van der Waals surface area contributed by atoms with Gasteiger partial charge in [0.25, 0.3) is 0 Å². The van der Waals surface area contributed by atoms with E-state index in [1.807, 2.05) is 18.2 Å². The van der Waals surface area contributed by atoms with Gasteiger partial charge in [-0.15, -0.1) is 0 Å². The largest absolute Gasteiger partial charge is 0.381 e. The Balaban J connectivity index is 2.57. The molecule has 0 aliphatic carbocycles. The molecule has 0 spiro atoms. The first-order valence-corrected chi connectivity index (χ1v) is 3.26. The highest BCUT2D eigenvalue weighted by atomic mass is 35.5. The number of hydrogen-bond donors (Lipinski definition) is 1. The zero-order valence-corrected chi connectivity index (χ0v) is 5.57. The van der Waals surface area contributed by atoms with Crippen molar-refractivity contribution in [2.24, 2.45) is 0 Å². The van der Waals surface area contributed by atoms with Crippen molar-refractivity contribution in [3.63, 3.8) is 0 Å². The van der Waals surface area contributed by atoms with Gasteiger partial charge in [-0.05, 0) is 23.8 Å². The van der Waals surface area contributed by atoms with Gasteiger partial charge in [0.2, 0.25) is 0 Å². The Bertz CT molecular complexity index is 245. The zero-order valence-electron chi connectivity index (χ0n) is 4.82. The number of nitrogens with one attached hydrogen (secondary N) is 1. The lowest BCUT2D eigenvalue weighted by Crippen LogP contribution is -2.12. The minimum atomic E-state index is 0.829. The number of benzene rings is 1. The van der Waals surface area contributed by atoms with Crippen molar-refractivity contribution in [3.8, 4) is 0 Å². The SMILES string of the molecule is Clc1ccc2c(c1)CN2. The van der Waals surface area contributed by atoms with E-state index in [1.54, 1.807) is 0 Å². The first kappa shape index (κ1) is 5.12. The Morgan fingerprint density at radius 2 is 2.33 bits per heavy atom. The first-order valence-electron chi connectivity index (χ1n) is 2.88. The van der Waals surface area contributed by atoms with Crippen LogP contribution in [0, 0.1) is 0 Å². The predicted octanol–water partition coefficient (Wildman–Crippen LogP) is 2.27. The van der Waals surface area contributed by atoms with E-state index in [-0.39, 0.29) is 0 Å². The molecular formula is C7H6ClN. The van der Waals surface area contributed by atoms with Crippen LogP contribution < -0.4 is 5.32 Å². The van der Waals surface area contributed by atoms with Gasteiger partial charge in [-0.3, -0.25) is 0 Å². The summed E-state index contributed by atoms with van der Waals surface area (Å²) in [5.74, 6) is 0. The van der Waals surface area contributed by atoms with Crippen molar-refractivity contribution < 1.29 is 0 Å². The molecule has 9 heavy (non-hydrogen) atoms. The van der Waals surface area contributed by atoms with Crippen molar-refractivity contribution >= 4 is 17.3 Å². The smallest absolute Gasteiger partial charge is 0.0421 e. The fourth-order valence-electron chi connectivity index (χ4n) is 0.965. The maximum absolute atomic E-state index is 5.72. The molecule has 0 atom stereocenters. The highest BCUT2D eigenvalue weighted by Crippen LogP contribution is 2.27. The Labute approximate surface area is 58.6 Å². The molecule has 46 valence electrons. The normalized spacial score (nSPS) is 13.4. The standard InChI is InChI=1S/C7H6ClN/c8-6-1-2-7-5(3-6)4-9-7/h1-3,9H,4H2. The minimum Gasteiger partial charge on any atom is -0.381 e. The first-order chi connectivity index (χ1) is 4.36. The van der Waals surface area contributed by atoms with Gasteiger partial charge in [-0.2, -0.15) is 0 Å². The summed E-state index contributed by atoms with van der Waals surface area (Å²) in [5, 5.41) is 3.99. The molecule has 1 N–H and O–H groups in total. The van der Waals surface area contributed by atoms with Crippen LogP contribution in [0.3, 0.4) is 0 Å². The molecule has 0 saturated carbocycles. The van der Waals surface area contributed by atoms with E-state index in [0.29, 0.717) is 0 Å². The molecule has 1 aliphatic rings. The Kier molecular flexibility index (Phi) is 0.935. The quantitative estimate of drug-likeness (QED) is 0.582. The van der Waals surface area contributed by atoms with E-state index in [4.69, 9.17) is 11.6 Å². The van der Waals surface area contributed by atoms with Gasteiger partial charge in [-0.25, -0.2) is 0 Å². The predicted molar refractivity (Wildman–Crippen MR) is 38.8 cm³/mol. The molecule has 1 aromatic rings. The minimum absolute atomic E-state index is 0.829. The molecule has 2 rings (SSSR count). The molecule has 1 aliphatic heterocycles. The Morgan fingerprint density at radius 1 is 1.44 bits per heavy atom. The van der Waals surface area contributed by atoms with Gasteiger partial charge in [0.1, 0.15) is 0 Å². The van der Waals surface area contributed by atoms with E-state index in [2.05, 4.69) is 5.32 Å². The Morgan fingerprint density at radius 3 is 2.78 bits per heavy atom. The summed E-state index contributed by atoms with van der Waals surface area (Å²) in [7, 11) is 0. The van der Waals surface area contributed by atoms with E-state index in [1.165, 1.54) is 11.3 Å². The molecule has 1 nitrogen and oxygen atoms in total. The molecule has 0 saturated heterocycles. The summed E-state index contributed by atoms with van der Waals surface area (Å²) in [5.41, 5.74) is 2.54. The fraction of sp³-hybridized carbons (Fsp3) is 0.143. The molecule has 2 heteroatoms. The lowest BCUT2D eigenvalue weighted by molar-refractivity contribution is 1.05. The number of hydrogen-bond acceptors (Lipinski definition) is 1. The van der Waals surface area contributed by atoms with E-state index >= 15 is 0 Å². The molecule has 0 bridgehead atoms. The summed E-state index contributed by atoms with van der Waals surface area (Å²) < 4.78 is 0. The van der Waals surface area contributed by atoms with Crippen LogP contribution in [0.25, 0.3) is 0 Å². The van der Waals surface area contributed by atoms with Gasteiger partial charge in [-0.1, -0.05) is 11.6 Å². The molecule has 0 fully saturated rings. The second-order valence-electron chi connectivity index (χ2n) is 2.16. The monoisotopic (exact) mass is 139 g/mol. The van der Waals surface area contributed by atoms with Gasteiger partial charge in [0.15, 0.2) is 0 Å². The van der Waals surface area contributed by atoms with Crippen molar-refractivity contribution in [3.05, 3.63) is 28.8 Å². The number of anilines is 1.